The maximum absolute atomic E-state index is 12.3. The van der Waals surface area contributed by atoms with Crippen molar-refractivity contribution in [2.45, 2.75) is 25.7 Å². The largest absolute Gasteiger partial charge is 0.454 e. The molecule has 1 fully saturated rings. The Hall–Kier alpha value is -3.89. The number of hydrogen-bond acceptors (Lipinski definition) is 5. The van der Waals surface area contributed by atoms with Gasteiger partial charge in [-0.05, 0) is 56.2 Å². The van der Waals surface area contributed by atoms with E-state index >= 15 is 0 Å². The summed E-state index contributed by atoms with van der Waals surface area (Å²) in [5, 5.41) is 9.30. The number of fused-ring (bicyclic) bond motifs is 1. The second-order valence-electron chi connectivity index (χ2n) is 8.42. The number of benzene rings is 2. The van der Waals surface area contributed by atoms with Gasteiger partial charge in [0.05, 0.1) is 17.1 Å². The van der Waals surface area contributed by atoms with Crippen molar-refractivity contribution in [1.29, 1.82) is 5.26 Å². The highest BCUT2D eigenvalue weighted by molar-refractivity contribution is 5.91. The lowest BCUT2D eigenvalue weighted by atomic mass is 10.00. The topological polar surface area (TPSA) is 92.9 Å². The number of imidazole rings is 1. The number of nitrogens with one attached hydrogen (secondary N) is 1. The molecule has 0 unspecified atom stereocenters. The highest BCUT2D eigenvalue weighted by Gasteiger charge is 2.22. The number of nitriles is 1. The second-order valence-corrected chi connectivity index (χ2v) is 8.42. The zero-order valence-electron chi connectivity index (χ0n) is 18.6. The van der Waals surface area contributed by atoms with Crippen LogP contribution in [-0.4, -0.2) is 27.7 Å². The number of pyridine rings is 1. The van der Waals surface area contributed by atoms with E-state index in [1.165, 1.54) is 0 Å². The monoisotopic (exact) mass is 440 g/mol. The lowest BCUT2D eigenvalue weighted by Gasteiger charge is -2.19. The fraction of sp³-hybridized carbons (Fsp3) is 0.269. The molecule has 1 aliphatic heterocycles. The first-order chi connectivity index (χ1) is 16.0. The van der Waals surface area contributed by atoms with Gasteiger partial charge in [0.2, 0.25) is 0 Å². The summed E-state index contributed by atoms with van der Waals surface area (Å²) in [4.78, 5) is 20.7. The SMILES string of the molecule is Cc1cc(-c2ccc3[nH]c(C4CCOCC4)nc3c2Oc2cccc(C#N)c2)cn(C)c1=O. The third-order valence-electron chi connectivity index (χ3n) is 6.09. The van der Waals surface area contributed by atoms with Crippen LogP contribution < -0.4 is 10.3 Å². The van der Waals surface area contributed by atoms with Crippen molar-refractivity contribution in [2.75, 3.05) is 13.2 Å². The quantitative estimate of drug-likeness (QED) is 0.492. The number of ether oxygens (including phenoxy) is 2. The molecule has 33 heavy (non-hydrogen) atoms. The first-order valence-corrected chi connectivity index (χ1v) is 11.0. The molecule has 0 radical (unpaired) electrons. The molecule has 1 saturated heterocycles. The summed E-state index contributed by atoms with van der Waals surface area (Å²) in [6.07, 6.45) is 3.65. The predicted molar refractivity (Wildman–Crippen MR) is 126 cm³/mol. The molecule has 3 heterocycles. The van der Waals surface area contributed by atoms with Gasteiger partial charge in [0.15, 0.2) is 5.75 Å². The van der Waals surface area contributed by atoms with Crippen molar-refractivity contribution in [3.05, 3.63) is 76.0 Å². The van der Waals surface area contributed by atoms with Crippen molar-refractivity contribution >= 4 is 11.0 Å². The molecule has 0 saturated carbocycles. The molecule has 1 N–H and O–H groups in total. The number of H-pyrrole nitrogens is 1. The van der Waals surface area contributed by atoms with E-state index < -0.39 is 0 Å². The molecule has 2 aromatic carbocycles. The van der Waals surface area contributed by atoms with Crippen LogP contribution >= 0.6 is 0 Å². The molecule has 0 spiro atoms. The standard InChI is InChI=1S/C26H24N4O3/c1-16-12-19(15-30(2)26(16)31)21-6-7-22-23(29-25(28-22)18-8-10-32-11-9-18)24(21)33-20-5-3-4-17(13-20)14-27/h3-7,12-13,15,18H,8-11H2,1-2H3,(H,28,29). The van der Waals surface area contributed by atoms with Crippen LogP contribution in [0.4, 0.5) is 0 Å². The van der Waals surface area contributed by atoms with E-state index in [1.54, 1.807) is 42.9 Å². The number of nitrogens with zero attached hydrogens (tertiary/aromatic N) is 3. The van der Waals surface area contributed by atoms with Gasteiger partial charge < -0.3 is 19.0 Å². The molecular weight excluding hydrogens is 416 g/mol. The average molecular weight is 441 g/mol. The summed E-state index contributed by atoms with van der Waals surface area (Å²) in [6, 6.07) is 15.1. The zero-order chi connectivity index (χ0) is 22.9. The van der Waals surface area contributed by atoms with Crippen LogP contribution in [0.2, 0.25) is 0 Å². The number of hydrogen-bond donors (Lipinski definition) is 1. The van der Waals surface area contributed by atoms with Crippen LogP contribution in [0, 0.1) is 18.3 Å². The Kier molecular flexibility index (Phi) is 5.45. The van der Waals surface area contributed by atoms with E-state index in [1.807, 2.05) is 24.3 Å². The first-order valence-electron chi connectivity index (χ1n) is 11.0. The van der Waals surface area contributed by atoms with Gasteiger partial charge in [0.1, 0.15) is 17.1 Å². The number of aromatic amines is 1. The molecule has 2 aromatic heterocycles. The molecule has 5 rings (SSSR count). The van der Waals surface area contributed by atoms with Crippen LogP contribution in [0.5, 0.6) is 11.5 Å². The summed E-state index contributed by atoms with van der Waals surface area (Å²) < 4.78 is 13.5. The summed E-state index contributed by atoms with van der Waals surface area (Å²) in [7, 11) is 1.74. The third-order valence-corrected chi connectivity index (χ3v) is 6.09. The maximum atomic E-state index is 12.3. The molecule has 1 aliphatic rings. The Labute approximate surface area is 191 Å². The van der Waals surface area contributed by atoms with Gasteiger partial charge >= 0.3 is 0 Å². The van der Waals surface area contributed by atoms with E-state index in [2.05, 4.69) is 11.1 Å². The van der Waals surface area contributed by atoms with Crippen LogP contribution in [-0.2, 0) is 11.8 Å². The van der Waals surface area contributed by atoms with Crippen molar-refractivity contribution in [3.8, 4) is 28.7 Å². The summed E-state index contributed by atoms with van der Waals surface area (Å²) in [6.45, 7) is 3.27. The van der Waals surface area contributed by atoms with Gasteiger partial charge in [-0.1, -0.05) is 6.07 Å². The van der Waals surface area contributed by atoms with Gasteiger partial charge in [-0.25, -0.2) is 4.98 Å². The van der Waals surface area contributed by atoms with Crippen LogP contribution in [0.3, 0.4) is 0 Å². The average Bonchev–Trinajstić information content (AvgIpc) is 3.28. The highest BCUT2D eigenvalue weighted by Crippen LogP contribution is 2.40. The van der Waals surface area contributed by atoms with E-state index in [-0.39, 0.29) is 5.56 Å². The fourth-order valence-electron chi connectivity index (χ4n) is 4.34. The Morgan fingerprint density at radius 1 is 1.21 bits per heavy atom. The molecule has 0 aliphatic carbocycles. The smallest absolute Gasteiger partial charge is 0.253 e. The van der Waals surface area contributed by atoms with Crippen LogP contribution in [0.1, 0.15) is 35.7 Å². The minimum absolute atomic E-state index is 0.0365. The first kappa shape index (κ1) is 21.0. The van der Waals surface area contributed by atoms with E-state index in [4.69, 9.17) is 14.5 Å². The predicted octanol–water partition coefficient (Wildman–Crippen LogP) is 4.80. The Morgan fingerprint density at radius 3 is 2.79 bits per heavy atom. The lowest BCUT2D eigenvalue weighted by molar-refractivity contribution is 0.0838. The minimum atomic E-state index is -0.0365. The number of rotatable bonds is 4. The van der Waals surface area contributed by atoms with Gasteiger partial charge in [-0.15, -0.1) is 0 Å². The molecule has 0 bridgehead atoms. The second kappa shape index (κ2) is 8.57. The maximum Gasteiger partial charge on any atom is 0.253 e. The molecule has 7 nitrogen and oxygen atoms in total. The molecule has 0 amide bonds. The van der Waals surface area contributed by atoms with Gasteiger partial charge in [-0.3, -0.25) is 4.79 Å². The third kappa shape index (κ3) is 4.01. The minimum Gasteiger partial charge on any atom is -0.454 e. The lowest BCUT2D eigenvalue weighted by Crippen LogP contribution is -2.18. The summed E-state index contributed by atoms with van der Waals surface area (Å²) >= 11 is 0. The van der Waals surface area contributed by atoms with E-state index in [0.29, 0.717) is 28.5 Å². The molecule has 7 heteroatoms. The van der Waals surface area contributed by atoms with Crippen molar-refractivity contribution in [2.24, 2.45) is 7.05 Å². The number of aromatic nitrogens is 3. The molecule has 166 valence electrons. The van der Waals surface area contributed by atoms with E-state index in [9.17, 15) is 10.1 Å². The molecular formula is C26H24N4O3. The van der Waals surface area contributed by atoms with Crippen molar-refractivity contribution in [3.63, 3.8) is 0 Å². The normalized spacial score (nSPS) is 14.3. The van der Waals surface area contributed by atoms with Gasteiger partial charge in [-0.2, -0.15) is 5.26 Å². The highest BCUT2D eigenvalue weighted by atomic mass is 16.5. The van der Waals surface area contributed by atoms with Gasteiger partial charge in [0.25, 0.3) is 5.56 Å². The zero-order valence-corrected chi connectivity index (χ0v) is 18.6. The summed E-state index contributed by atoms with van der Waals surface area (Å²) in [5.41, 5.74) is 4.43. The van der Waals surface area contributed by atoms with Crippen LogP contribution in [0.25, 0.3) is 22.2 Å². The number of aryl methyl sites for hydroxylation is 2. The molecule has 0 atom stereocenters. The van der Waals surface area contributed by atoms with Crippen molar-refractivity contribution in [1.82, 2.24) is 14.5 Å². The Bertz CT molecular complexity index is 1410. The van der Waals surface area contributed by atoms with Gasteiger partial charge in [0, 0.05) is 49.1 Å². The molecule has 4 aromatic rings. The van der Waals surface area contributed by atoms with Crippen LogP contribution in [0.15, 0.2) is 53.5 Å². The Morgan fingerprint density at radius 2 is 2.03 bits per heavy atom. The summed E-state index contributed by atoms with van der Waals surface area (Å²) in [5.74, 6) is 2.39. The van der Waals surface area contributed by atoms with Crippen molar-refractivity contribution < 1.29 is 9.47 Å². The van der Waals surface area contributed by atoms with E-state index in [0.717, 1.165) is 54.0 Å². The Balaban J connectivity index is 1.69. The fourth-order valence-corrected chi connectivity index (χ4v) is 4.34.